The highest BCUT2D eigenvalue weighted by Gasteiger charge is 2.21. The van der Waals surface area contributed by atoms with Crippen molar-refractivity contribution in [1.82, 2.24) is 9.97 Å². The number of thiocarbonyl (C=S) groups is 1. The molecule has 122 valence electrons. The van der Waals surface area contributed by atoms with E-state index >= 15 is 0 Å². The van der Waals surface area contributed by atoms with Gasteiger partial charge >= 0.3 is 0 Å². The van der Waals surface area contributed by atoms with Crippen LogP contribution in [-0.4, -0.2) is 28.2 Å². The molecule has 0 radical (unpaired) electrons. The topological polar surface area (TPSA) is 87.0 Å². The Bertz CT molecular complexity index is 782. The van der Waals surface area contributed by atoms with Crippen molar-refractivity contribution in [1.29, 1.82) is 0 Å². The summed E-state index contributed by atoms with van der Waals surface area (Å²) in [4.78, 5) is 20.8. The van der Waals surface area contributed by atoms with Crippen LogP contribution in [0.3, 0.4) is 0 Å². The van der Waals surface area contributed by atoms with Crippen LogP contribution in [0.15, 0.2) is 23.1 Å². The molecule has 0 spiro atoms. The first-order valence-electron chi connectivity index (χ1n) is 7.87. The average Bonchev–Trinajstić information content (AvgIpc) is 2.54. The van der Waals surface area contributed by atoms with Crippen LogP contribution in [0.5, 0.6) is 0 Å². The number of hydrogen-bond donors (Lipinski definition) is 3. The molecule has 1 fully saturated rings. The van der Waals surface area contributed by atoms with Gasteiger partial charge < -0.3 is 20.9 Å². The van der Waals surface area contributed by atoms with E-state index in [0.717, 1.165) is 16.9 Å². The lowest BCUT2D eigenvalue weighted by atomic mass is 9.94. The summed E-state index contributed by atoms with van der Waals surface area (Å²) in [5, 5.41) is 3.23. The molecule has 1 aliphatic rings. The van der Waals surface area contributed by atoms with E-state index in [9.17, 15) is 4.79 Å². The molecule has 1 aromatic carbocycles. The zero-order valence-corrected chi connectivity index (χ0v) is 13.9. The molecular weight excluding hydrogens is 310 g/mol. The third kappa shape index (κ3) is 3.44. The number of nitrogens with one attached hydrogen (secondary N) is 2. The first-order valence-corrected chi connectivity index (χ1v) is 8.28. The molecule has 0 aliphatic heterocycles. The van der Waals surface area contributed by atoms with E-state index in [1.54, 1.807) is 0 Å². The second kappa shape index (κ2) is 6.54. The van der Waals surface area contributed by atoms with Gasteiger partial charge in [-0.3, -0.25) is 4.79 Å². The van der Waals surface area contributed by atoms with Gasteiger partial charge in [0, 0.05) is 13.1 Å². The van der Waals surface area contributed by atoms with E-state index in [-0.39, 0.29) is 10.7 Å². The molecule has 3 rings (SSSR count). The first-order chi connectivity index (χ1) is 11.0. The van der Waals surface area contributed by atoms with Crippen molar-refractivity contribution < 1.29 is 0 Å². The van der Waals surface area contributed by atoms with Gasteiger partial charge in [-0.05, 0) is 37.2 Å². The number of benzene rings is 1. The molecule has 1 saturated carbocycles. The standard InChI is InChI=1S/C16H21N5OS/c1-21(10-5-3-2-4-6-10)14-8-11-12(19-15(22)9-18-11)7-13(14)20-16(17)23/h7-10H,2-6H2,1H3,(H,19,22)(H3,17,20,23). The summed E-state index contributed by atoms with van der Waals surface area (Å²) in [5.74, 6) is 0. The van der Waals surface area contributed by atoms with Crippen molar-refractivity contribution in [3.05, 3.63) is 28.7 Å². The molecule has 0 saturated heterocycles. The maximum absolute atomic E-state index is 11.5. The number of hydrogen-bond acceptors (Lipinski definition) is 4. The molecule has 0 amide bonds. The van der Waals surface area contributed by atoms with E-state index in [2.05, 4.69) is 27.2 Å². The number of H-pyrrole nitrogens is 1. The summed E-state index contributed by atoms with van der Waals surface area (Å²) in [6.07, 6.45) is 7.48. The highest BCUT2D eigenvalue weighted by Crippen LogP contribution is 2.33. The van der Waals surface area contributed by atoms with Crippen molar-refractivity contribution in [2.45, 2.75) is 38.1 Å². The van der Waals surface area contributed by atoms with Gasteiger partial charge in [-0.25, -0.2) is 4.98 Å². The predicted octanol–water partition coefficient (Wildman–Crippen LogP) is 2.35. The largest absolute Gasteiger partial charge is 0.376 e. The summed E-state index contributed by atoms with van der Waals surface area (Å²) in [7, 11) is 2.09. The van der Waals surface area contributed by atoms with Crippen LogP contribution in [0.2, 0.25) is 0 Å². The Morgan fingerprint density at radius 3 is 2.83 bits per heavy atom. The van der Waals surface area contributed by atoms with Crippen molar-refractivity contribution >= 4 is 39.7 Å². The third-order valence-corrected chi connectivity index (χ3v) is 4.56. The maximum atomic E-state index is 11.5. The van der Waals surface area contributed by atoms with Gasteiger partial charge in [0.15, 0.2) is 5.11 Å². The summed E-state index contributed by atoms with van der Waals surface area (Å²) < 4.78 is 0. The zero-order chi connectivity index (χ0) is 16.4. The van der Waals surface area contributed by atoms with Crippen molar-refractivity contribution in [2.75, 3.05) is 17.3 Å². The van der Waals surface area contributed by atoms with Crippen LogP contribution in [0.25, 0.3) is 11.0 Å². The van der Waals surface area contributed by atoms with Gasteiger partial charge in [-0.15, -0.1) is 0 Å². The second-order valence-electron chi connectivity index (χ2n) is 6.03. The monoisotopic (exact) mass is 331 g/mol. The minimum atomic E-state index is -0.229. The Kier molecular flexibility index (Phi) is 4.47. The van der Waals surface area contributed by atoms with Crippen LogP contribution in [0.4, 0.5) is 11.4 Å². The number of fused-ring (bicyclic) bond motifs is 1. The molecule has 1 heterocycles. The summed E-state index contributed by atoms with van der Waals surface area (Å²) >= 11 is 4.99. The van der Waals surface area contributed by atoms with Gasteiger partial charge in [-0.1, -0.05) is 19.3 Å². The Morgan fingerprint density at radius 1 is 1.39 bits per heavy atom. The minimum absolute atomic E-state index is 0.203. The van der Waals surface area contributed by atoms with Gasteiger partial charge in [0.25, 0.3) is 5.56 Å². The summed E-state index contributed by atoms with van der Waals surface area (Å²) in [6, 6.07) is 4.31. The SMILES string of the molecule is CN(c1cc2ncc(=O)[nH]c2cc1NC(N)=S)C1CCCCC1. The van der Waals surface area contributed by atoms with Gasteiger partial charge in [0.05, 0.1) is 28.6 Å². The Labute approximate surface area is 140 Å². The minimum Gasteiger partial charge on any atom is -0.376 e. The number of nitrogens with two attached hydrogens (primary N) is 1. The van der Waals surface area contributed by atoms with Crippen LogP contribution in [0.1, 0.15) is 32.1 Å². The molecule has 1 aromatic heterocycles. The number of rotatable bonds is 3. The Hall–Kier alpha value is -2.15. The normalized spacial score (nSPS) is 15.5. The molecule has 7 heteroatoms. The molecule has 1 aliphatic carbocycles. The number of nitrogens with zero attached hydrogens (tertiary/aromatic N) is 2. The van der Waals surface area contributed by atoms with Gasteiger partial charge in [0.2, 0.25) is 0 Å². The Morgan fingerprint density at radius 2 is 2.13 bits per heavy atom. The average molecular weight is 331 g/mol. The predicted molar refractivity (Wildman–Crippen MR) is 98.0 cm³/mol. The molecule has 4 N–H and O–H groups in total. The van der Waals surface area contributed by atoms with E-state index in [4.69, 9.17) is 18.0 Å². The molecule has 0 bridgehead atoms. The number of aromatic amines is 1. The summed E-state index contributed by atoms with van der Waals surface area (Å²) in [5.41, 5.74) is 8.63. The van der Waals surface area contributed by atoms with E-state index in [1.165, 1.54) is 38.3 Å². The highest BCUT2D eigenvalue weighted by molar-refractivity contribution is 7.80. The number of anilines is 2. The number of aromatic nitrogens is 2. The fourth-order valence-electron chi connectivity index (χ4n) is 3.27. The van der Waals surface area contributed by atoms with E-state index < -0.39 is 0 Å². The van der Waals surface area contributed by atoms with E-state index in [1.807, 2.05) is 12.1 Å². The molecule has 6 nitrogen and oxygen atoms in total. The fourth-order valence-corrected chi connectivity index (χ4v) is 3.38. The van der Waals surface area contributed by atoms with Gasteiger partial charge in [-0.2, -0.15) is 0 Å². The third-order valence-electron chi connectivity index (χ3n) is 4.45. The molecule has 0 atom stereocenters. The highest BCUT2D eigenvalue weighted by atomic mass is 32.1. The Balaban J connectivity index is 2.06. The molecular formula is C16H21N5OS. The second-order valence-corrected chi connectivity index (χ2v) is 6.47. The lowest BCUT2D eigenvalue weighted by Gasteiger charge is -2.34. The fraction of sp³-hybridized carbons (Fsp3) is 0.438. The van der Waals surface area contributed by atoms with Gasteiger partial charge in [0.1, 0.15) is 0 Å². The first kappa shape index (κ1) is 15.7. The van der Waals surface area contributed by atoms with Crippen LogP contribution >= 0.6 is 12.2 Å². The zero-order valence-electron chi connectivity index (χ0n) is 13.1. The lowest BCUT2D eigenvalue weighted by Crippen LogP contribution is -2.34. The maximum Gasteiger partial charge on any atom is 0.266 e. The van der Waals surface area contributed by atoms with Crippen molar-refractivity contribution in [3.63, 3.8) is 0 Å². The van der Waals surface area contributed by atoms with E-state index in [0.29, 0.717) is 11.6 Å². The lowest BCUT2D eigenvalue weighted by molar-refractivity contribution is 0.428. The van der Waals surface area contributed by atoms with Crippen LogP contribution < -0.4 is 21.5 Å². The smallest absolute Gasteiger partial charge is 0.266 e. The summed E-state index contributed by atoms with van der Waals surface area (Å²) in [6.45, 7) is 0. The van der Waals surface area contributed by atoms with Crippen LogP contribution in [-0.2, 0) is 0 Å². The van der Waals surface area contributed by atoms with Crippen molar-refractivity contribution in [2.24, 2.45) is 5.73 Å². The van der Waals surface area contributed by atoms with Crippen LogP contribution in [0, 0.1) is 0 Å². The van der Waals surface area contributed by atoms with Crippen molar-refractivity contribution in [3.8, 4) is 0 Å². The molecule has 0 unspecified atom stereocenters. The molecule has 2 aromatic rings. The molecule has 23 heavy (non-hydrogen) atoms. The quantitative estimate of drug-likeness (QED) is 0.749.